The van der Waals surface area contributed by atoms with Crippen LogP contribution < -0.4 is 11.1 Å². The van der Waals surface area contributed by atoms with E-state index in [0.29, 0.717) is 6.42 Å². The maximum atomic E-state index is 12.1. The number of alkyl carbamates (subject to hydrolysis) is 1. The van der Waals surface area contributed by atoms with Crippen LogP contribution in [0.4, 0.5) is 4.79 Å². The molecule has 0 spiro atoms. The second kappa shape index (κ2) is 5.35. The standard InChI is InChI=1S/C16H30N2O4/c1-14(2,3)22-13(19)18-10-8-9(15(4,5)17)11-12(10)21-16(6,7)20-11/h9-12H,8,17H2,1-7H3,(H,18,19)/t9-,10?,11+,12-/m0/s1. The van der Waals surface area contributed by atoms with Gasteiger partial charge in [0.15, 0.2) is 5.79 Å². The summed E-state index contributed by atoms with van der Waals surface area (Å²) in [5.41, 5.74) is 5.37. The molecule has 128 valence electrons. The molecular weight excluding hydrogens is 284 g/mol. The summed E-state index contributed by atoms with van der Waals surface area (Å²) in [6.45, 7) is 13.3. The summed E-state index contributed by atoms with van der Waals surface area (Å²) >= 11 is 0. The van der Waals surface area contributed by atoms with Crippen LogP contribution in [0.15, 0.2) is 0 Å². The monoisotopic (exact) mass is 314 g/mol. The lowest BCUT2D eigenvalue weighted by Gasteiger charge is -2.32. The number of hydrogen-bond acceptors (Lipinski definition) is 5. The average Bonchev–Trinajstić information content (AvgIpc) is 2.69. The SMILES string of the molecule is CC(C)(C)OC(=O)NC1C[C@H](C(C)(C)N)[C@H]2OC(C)(C)O[C@@H]12. The zero-order valence-electron chi connectivity index (χ0n) is 14.7. The molecule has 0 radical (unpaired) electrons. The fourth-order valence-electron chi connectivity index (χ4n) is 3.31. The van der Waals surface area contributed by atoms with Gasteiger partial charge < -0.3 is 25.3 Å². The largest absolute Gasteiger partial charge is 0.444 e. The fraction of sp³-hybridized carbons (Fsp3) is 0.938. The van der Waals surface area contributed by atoms with Crippen LogP contribution in [0.5, 0.6) is 0 Å². The highest BCUT2D eigenvalue weighted by Crippen LogP contribution is 2.45. The summed E-state index contributed by atoms with van der Waals surface area (Å²) in [6, 6.07) is -0.158. The molecule has 2 aliphatic rings. The Kier molecular flexibility index (Phi) is 4.26. The number of ether oxygens (including phenoxy) is 3. The summed E-state index contributed by atoms with van der Waals surface area (Å²) in [5, 5.41) is 2.92. The zero-order valence-corrected chi connectivity index (χ0v) is 14.7. The van der Waals surface area contributed by atoms with E-state index in [1.165, 1.54) is 0 Å². The second-order valence-corrected chi connectivity index (χ2v) is 8.48. The van der Waals surface area contributed by atoms with Crippen molar-refractivity contribution in [3.8, 4) is 0 Å². The van der Waals surface area contributed by atoms with Crippen LogP contribution in [0.1, 0.15) is 54.9 Å². The molecule has 1 unspecified atom stereocenters. The third-order valence-electron chi connectivity index (χ3n) is 4.12. The van der Waals surface area contributed by atoms with Crippen molar-refractivity contribution < 1.29 is 19.0 Å². The number of amides is 1. The van der Waals surface area contributed by atoms with Gasteiger partial charge in [0.2, 0.25) is 0 Å². The Balaban J connectivity index is 2.11. The Hall–Kier alpha value is -0.850. The van der Waals surface area contributed by atoms with Gasteiger partial charge in [0.05, 0.1) is 12.1 Å². The lowest BCUT2D eigenvalue weighted by molar-refractivity contribution is -0.161. The molecule has 6 nitrogen and oxygen atoms in total. The first-order valence-electron chi connectivity index (χ1n) is 7.92. The van der Waals surface area contributed by atoms with Gasteiger partial charge >= 0.3 is 6.09 Å². The number of fused-ring (bicyclic) bond motifs is 1. The summed E-state index contributed by atoms with van der Waals surface area (Å²) in [4.78, 5) is 12.1. The molecule has 1 saturated heterocycles. The van der Waals surface area contributed by atoms with Gasteiger partial charge in [0.25, 0.3) is 0 Å². The minimum absolute atomic E-state index is 0.110. The summed E-state index contributed by atoms with van der Waals surface area (Å²) in [5.74, 6) is -0.549. The van der Waals surface area contributed by atoms with Gasteiger partial charge in [-0.1, -0.05) is 0 Å². The molecule has 0 bridgehead atoms. The first-order valence-corrected chi connectivity index (χ1v) is 7.92. The molecule has 1 aliphatic heterocycles. The van der Waals surface area contributed by atoms with Crippen LogP contribution in [0.25, 0.3) is 0 Å². The molecule has 0 aromatic rings. The highest BCUT2D eigenvalue weighted by Gasteiger charge is 2.57. The molecule has 3 N–H and O–H groups in total. The Bertz CT molecular complexity index is 436. The zero-order chi connectivity index (χ0) is 16.9. The van der Waals surface area contributed by atoms with Crippen molar-refractivity contribution in [2.24, 2.45) is 11.7 Å². The van der Waals surface area contributed by atoms with Gasteiger partial charge in [-0.05, 0) is 54.9 Å². The van der Waals surface area contributed by atoms with Crippen LogP contribution in [-0.2, 0) is 14.2 Å². The summed E-state index contributed by atoms with van der Waals surface area (Å²) in [7, 11) is 0. The number of carbonyl (C=O) groups excluding carboxylic acids is 1. The summed E-state index contributed by atoms with van der Waals surface area (Å²) < 4.78 is 17.4. The van der Waals surface area contributed by atoms with Crippen molar-refractivity contribution in [1.29, 1.82) is 0 Å². The molecule has 4 atom stereocenters. The second-order valence-electron chi connectivity index (χ2n) is 8.48. The average molecular weight is 314 g/mol. The Morgan fingerprint density at radius 1 is 1.18 bits per heavy atom. The van der Waals surface area contributed by atoms with Gasteiger partial charge in [-0.15, -0.1) is 0 Å². The number of hydrogen-bond donors (Lipinski definition) is 2. The number of carbonyl (C=O) groups is 1. The first-order chi connectivity index (χ1) is 9.78. The van der Waals surface area contributed by atoms with Crippen LogP contribution in [0, 0.1) is 5.92 Å². The highest BCUT2D eigenvalue weighted by atomic mass is 16.8. The molecule has 1 heterocycles. The van der Waals surface area contributed by atoms with E-state index in [4.69, 9.17) is 19.9 Å². The topological polar surface area (TPSA) is 82.8 Å². The Labute approximate surface area is 133 Å². The predicted octanol–water partition coefficient (Wildman–Crippen LogP) is 2.16. The molecule has 6 heteroatoms. The quantitative estimate of drug-likeness (QED) is 0.816. The van der Waals surface area contributed by atoms with Gasteiger partial charge in [0.1, 0.15) is 11.7 Å². The smallest absolute Gasteiger partial charge is 0.407 e. The van der Waals surface area contributed by atoms with E-state index in [2.05, 4.69) is 5.32 Å². The molecule has 1 saturated carbocycles. The molecule has 2 rings (SSSR count). The molecule has 0 aromatic heterocycles. The minimum atomic E-state index is -0.660. The van der Waals surface area contributed by atoms with Gasteiger partial charge in [0, 0.05) is 11.5 Å². The van der Waals surface area contributed by atoms with E-state index in [1.54, 1.807) is 0 Å². The molecule has 1 aliphatic carbocycles. The minimum Gasteiger partial charge on any atom is -0.444 e. The Morgan fingerprint density at radius 2 is 1.73 bits per heavy atom. The third-order valence-corrected chi connectivity index (χ3v) is 4.12. The van der Waals surface area contributed by atoms with E-state index in [9.17, 15) is 4.79 Å². The van der Waals surface area contributed by atoms with Crippen LogP contribution in [-0.4, -0.2) is 41.3 Å². The maximum absolute atomic E-state index is 12.1. The van der Waals surface area contributed by atoms with E-state index < -0.39 is 23.0 Å². The third kappa shape index (κ3) is 3.91. The van der Waals surface area contributed by atoms with E-state index in [1.807, 2.05) is 48.5 Å². The molecule has 1 amide bonds. The number of nitrogens with one attached hydrogen (secondary N) is 1. The van der Waals surface area contributed by atoms with Crippen molar-refractivity contribution in [3.63, 3.8) is 0 Å². The molecule has 0 aromatic carbocycles. The van der Waals surface area contributed by atoms with Crippen LogP contribution >= 0.6 is 0 Å². The van der Waals surface area contributed by atoms with Gasteiger partial charge in [-0.25, -0.2) is 4.79 Å². The van der Waals surface area contributed by atoms with E-state index in [-0.39, 0.29) is 24.2 Å². The van der Waals surface area contributed by atoms with Crippen molar-refractivity contribution >= 4 is 6.09 Å². The van der Waals surface area contributed by atoms with Crippen LogP contribution in [0.3, 0.4) is 0 Å². The van der Waals surface area contributed by atoms with Crippen molar-refractivity contribution in [1.82, 2.24) is 5.32 Å². The summed E-state index contributed by atoms with van der Waals surface area (Å²) in [6.07, 6.45) is -0.0287. The lowest BCUT2D eigenvalue weighted by atomic mass is 9.85. The number of nitrogens with two attached hydrogens (primary N) is 1. The Morgan fingerprint density at radius 3 is 2.23 bits per heavy atom. The molecule has 2 fully saturated rings. The van der Waals surface area contributed by atoms with E-state index in [0.717, 1.165) is 0 Å². The van der Waals surface area contributed by atoms with Crippen molar-refractivity contribution in [2.75, 3.05) is 0 Å². The van der Waals surface area contributed by atoms with Gasteiger partial charge in [-0.2, -0.15) is 0 Å². The van der Waals surface area contributed by atoms with Crippen LogP contribution in [0.2, 0.25) is 0 Å². The fourth-order valence-corrected chi connectivity index (χ4v) is 3.31. The first kappa shape index (κ1) is 17.5. The normalized spacial score (nSPS) is 34.4. The molecular formula is C16H30N2O4. The lowest BCUT2D eigenvalue weighted by Crippen LogP contribution is -2.46. The van der Waals surface area contributed by atoms with Crippen molar-refractivity contribution in [2.45, 2.75) is 90.1 Å². The molecule has 22 heavy (non-hydrogen) atoms. The van der Waals surface area contributed by atoms with Gasteiger partial charge in [-0.3, -0.25) is 0 Å². The highest BCUT2D eigenvalue weighted by molar-refractivity contribution is 5.68. The van der Waals surface area contributed by atoms with Crippen molar-refractivity contribution in [3.05, 3.63) is 0 Å². The van der Waals surface area contributed by atoms with E-state index >= 15 is 0 Å². The predicted molar refractivity (Wildman–Crippen MR) is 83.4 cm³/mol. The maximum Gasteiger partial charge on any atom is 0.407 e. The number of rotatable bonds is 2.